The molecular formula is C11H19NO5S2. The molecular weight excluding hydrogens is 290 g/mol. The second kappa shape index (κ2) is 6.60. The molecule has 1 rings (SSSR count). The molecule has 1 aliphatic heterocycles. The number of carbonyl (C=O) groups excluding carboxylic acids is 1. The molecule has 8 heteroatoms. The molecule has 0 spiro atoms. The van der Waals surface area contributed by atoms with Crippen LogP contribution in [0.25, 0.3) is 0 Å². The first-order valence-electron chi connectivity index (χ1n) is 6.04. The summed E-state index contributed by atoms with van der Waals surface area (Å²) >= 11 is 1.30. The maximum atomic E-state index is 11.9. The zero-order valence-electron chi connectivity index (χ0n) is 11.0. The lowest BCUT2D eigenvalue weighted by Crippen LogP contribution is -2.41. The highest BCUT2D eigenvalue weighted by Crippen LogP contribution is 2.24. The summed E-state index contributed by atoms with van der Waals surface area (Å²) < 4.78 is 22.6. The van der Waals surface area contributed by atoms with Crippen LogP contribution in [0.2, 0.25) is 0 Å². The van der Waals surface area contributed by atoms with Crippen molar-refractivity contribution in [2.45, 2.75) is 31.6 Å². The molecule has 0 aromatic rings. The van der Waals surface area contributed by atoms with Gasteiger partial charge >= 0.3 is 5.97 Å². The van der Waals surface area contributed by atoms with E-state index >= 15 is 0 Å². The molecule has 6 nitrogen and oxygen atoms in total. The Balaban J connectivity index is 2.47. The van der Waals surface area contributed by atoms with Gasteiger partial charge in [-0.15, -0.1) is 11.8 Å². The fraction of sp³-hybridized carbons (Fsp3) is 0.818. The number of rotatable bonds is 6. The lowest BCUT2D eigenvalue weighted by atomic mass is 10.3. The van der Waals surface area contributed by atoms with Crippen molar-refractivity contribution in [1.82, 2.24) is 4.90 Å². The molecule has 1 heterocycles. The van der Waals surface area contributed by atoms with Gasteiger partial charge in [0.1, 0.15) is 6.54 Å². The Labute approximate surface area is 117 Å². The SMILES string of the molecule is CC(C)N(CC(=O)O)C(=O)CSC1CCS(=O)(=O)C1. The summed E-state index contributed by atoms with van der Waals surface area (Å²) in [6, 6.07) is -0.184. The molecule has 0 saturated carbocycles. The first-order chi connectivity index (χ1) is 8.71. The van der Waals surface area contributed by atoms with E-state index in [2.05, 4.69) is 0 Å². The fourth-order valence-corrected chi connectivity index (χ4v) is 5.40. The third kappa shape index (κ3) is 5.40. The molecule has 0 aromatic carbocycles. The van der Waals surface area contributed by atoms with E-state index in [1.807, 2.05) is 0 Å². The van der Waals surface area contributed by atoms with Crippen LogP contribution in [-0.2, 0) is 19.4 Å². The lowest BCUT2D eigenvalue weighted by molar-refractivity contribution is -0.144. The Kier molecular flexibility index (Phi) is 5.66. The summed E-state index contributed by atoms with van der Waals surface area (Å²) in [4.78, 5) is 23.9. The molecule has 1 amide bonds. The first-order valence-corrected chi connectivity index (χ1v) is 8.91. The maximum absolute atomic E-state index is 11.9. The second-order valence-electron chi connectivity index (χ2n) is 4.85. The molecule has 1 aliphatic rings. The van der Waals surface area contributed by atoms with Crippen molar-refractivity contribution < 1.29 is 23.1 Å². The van der Waals surface area contributed by atoms with Gasteiger partial charge in [-0.05, 0) is 20.3 Å². The standard InChI is InChI=1S/C11H19NO5S2/c1-8(2)12(5-11(14)15)10(13)6-18-9-3-4-19(16,17)7-9/h8-9H,3-7H2,1-2H3,(H,14,15). The molecule has 1 saturated heterocycles. The third-order valence-corrected chi connectivity index (χ3v) is 6.15. The number of nitrogens with zero attached hydrogens (tertiary/aromatic N) is 1. The largest absolute Gasteiger partial charge is 0.480 e. The quantitative estimate of drug-likeness (QED) is 0.755. The maximum Gasteiger partial charge on any atom is 0.323 e. The van der Waals surface area contributed by atoms with Gasteiger partial charge in [0, 0.05) is 11.3 Å². The van der Waals surface area contributed by atoms with Crippen LogP contribution in [0.5, 0.6) is 0 Å². The predicted molar refractivity (Wildman–Crippen MR) is 74.0 cm³/mol. The number of aliphatic carboxylic acids is 1. The number of thioether (sulfide) groups is 1. The van der Waals surface area contributed by atoms with Crippen LogP contribution in [0, 0.1) is 0 Å². The van der Waals surface area contributed by atoms with E-state index in [1.165, 1.54) is 16.7 Å². The Hall–Kier alpha value is -0.760. The van der Waals surface area contributed by atoms with Crippen LogP contribution in [0.1, 0.15) is 20.3 Å². The Morgan fingerprint density at radius 3 is 2.47 bits per heavy atom. The molecule has 0 bridgehead atoms. The minimum Gasteiger partial charge on any atom is -0.480 e. The molecule has 0 aromatic heterocycles. The van der Waals surface area contributed by atoms with Gasteiger partial charge in [0.05, 0.1) is 17.3 Å². The highest BCUT2D eigenvalue weighted by molar-refractivity contribution is 8.02. The molecule has 0 radical (unpaired) electrons. The normalized spacial score (nSPS) is 21.5. The number of carboxylic acid groups (broad SMARTS) is 1. The average Bonchev–Trinajstić information content (AvgIpc) is 2.62. The van der Waals surface area contributed by atoms with Crippen LogP contribution >= 0.6 is 11.8 Å². The van der Waals surface area contributed by atoms with E-state index in [-0.39, 0.29) is 41.0 Å². The van der Waals surface area contributed by atoms with Gasteiger partial charge in [-0.1, -0.05) is 0 Å². The van der Waals surface area contributed by atoms with Gasteiger partial charge in [0.15, 0.2) is 9.84 Å². The summed E-state index contributed by atoms with van der Waals surface area (Å²) in [5.41, 5.74) is 0. The molecule has 1 atom stereocenters. The number of hydrogen-bond acceptors (Lipinski definition) is 5. The van der Waals surface area contributed by atoms with Crippen molar-refractivity contribution in [3.05, 3.63) is 0 Å². The summed E-state index contributed by atoms with van der Waals surface area (Å²) in [7, 11) is -2.94. The summed E-state index contributed by atoms with van der Waals surface area (Å²) in [5.74, 6) is -0.874. The van der Waals surface area contributed by atoms with Crippen LogP contribution in [0.3, 0.4) is 0 Å². The molecule has 1 N–H and O–H groups in total. The van der Waals surface area contributed by atoms with Crippen molar-refractivity contribution >= 4 is 33.5 Å². The number of sulfone groups is 1. The van der Waals surface area contributed by atoms with E-state index < -0.39 is 15.8 Å². The minimum atomic E-state index is -2.94. The van der Waals surface area contributed by atoms with Crippen LogP contribution < -0.4 is 0 Å². The Morgan fingerprint density at radius 2 is 2.05 bits per heavy atom. The lowest BCUT2D eigenvalue weighted by Gasteiger charge is -2.25. The topological polar surface area (TPSA) is 91.8 Å². The Morgan fingerprint density at radius 1 is 1.42 bits per heavy atom. The first kappa shape index (κ1) is 16.3. The van der Waals surface area contributed by atoms with E-state index in [1.54, 1.807) is 13.8 Å². The van der Waals surface area contributed by atoms with Crippen LogP contribution in [-0.4, -0.2) is 65.4 Å². The van der Waals surface area contributed by atoms with Gasteiger partial charge in [0.25, 0.3) is 0 Å². The van der Waals surface area contributed by atoms with Crippen LogP contribution in [0.15, 0.2) is 0 Å². The van der Waals surface area contributed by atoms with E-state index in [9.17, 15) is 18.0 Å². The van der Waals surface area contributed by atoms with Crippen molar-refractivity contribution in [3.8, 4) is 0 Å². The summed E-state index contributed by atoms with van der Waals surface area (Å²) in [6.45, 7) is 3.19. The van der Waals surface area contributed by atoms with Gasteiger partial charge in [-0.25, -0.2) is 8.42 Å². The highest BCUT2D eigenvalue weighted by Gasteiger charge is 2.29. The monoisotopic (exact) mass is 309 g/mol. The molecule has 110 valence electrons. The second-order valence-corrected chi connectivity index (χ2v) is 8.36. The van der Waals surface area contributed by atoms with Crippen LogP contribution in [0.4, 0.5) is 0 Å². The van der Waals surface area contributed by atoms with Gasteiger partial charge in [0.2, 0.25) is 5.91 Å². The Bertz CT molecular complexity index is 446. The van der Waals surface area contributed by atoms with Crippen molar-refractivity contribution in [2.75, 3.05) is 23.8 Å². The predicted octanol–water partition coefficient (Wildman–Crippen LogP) is 0.228. The molecule has 1 fully saturated rings. The smallest absolute Gasteiger partial charge is 0.323 e. The third-order valence-electron chi connectivity index (χ3n) is 2.88. The number of amides is 1. The highest BCUT2D eigenvalue weighted by atomic mass is 32.2. The molecule has 19 heavy (non-hydrogen) atoms. The van der Waals surface area contributed by atoms with Crippen molar-refractivity contribution in [3.63, 3.8) is 0 Å². The zero-order valence-corrected chi connectivity index (χ0v) is 12.7. The zero-order chi connectivity index (χ0) is 14.6. The molecule has 1 unspecified atom stereocenters. The van der Waals surface area contributed by atoms with E-state index in [4.69, 9.17) is 5.11 Å². The van der Waals surface area contributed by atoms with E-state index in [0.717, 1.165) is 0 Å². The van der Waals surface area contributed by atoms with Crippen molar-refractivity contribution in [1.29, 1.82) is 0 Å². The number of hydrogen-bond donors (Lipinski definition) is 1. The van der Waals surface area contributed by atoms with Gasteiger partial charge in [-0.3, -0.25) is 9.59 Å². The summed E-state index contributed by atoms with van der Waals surface area (Å²) in [5, 5.41) is 8.70. The molecule has 0 aliphatic carbocycles. The average molecular weight is 309 g/mol. The number of carboxylic acids is 1. The fourth-order valence-electron chi connectivity index (χ4n) is 1.87. The number of carbonyl (C=O) groups is 2. The van der Waals surface area contributed by atoms with Gasteiger partial charge in [-0.2, -0.15) is 0 Å². The summed E-state index contributed by atoms with van der Waals surface area (Å²) in [6.07, 6.45) is 0.570. The van der Waals surface area contributed by atoms with E-state index in [0.29, 0.717) is 6.42 Å². The van der Waals surface area contributed by atoms with Crippen molar-refractivity contribution in [2.24, 2.45) is 0 Å². The minimum absolute atomic E-state index is 0.0483. The van der Waals surface area contributed by atoms with Gasteiger partial charge < -0.3 is 10.0 Å².